The number of rotatable bonds is 6. The van der Waals surface area contributed by atoms with E-state index in [9.17, 15) is 13.6 Å². The van der Waals surface area contributed by atoms with Gasteiger partial charge in [0.15, 0.2) is 0 Å². The quantitative estimate of drug-likeness (QED) is 0.733. The smallest absolute Gasteiger partial charge is 0.240 e. The molecule has 4 atom stereocenters. The summed E-state index contributed by atoms with van der Waals surface area (Å²) in [7, 11) is 0. The molecular weight excluding hydrogens is 398 g/mol. The number of carbonyl (C=O) groups excluding carboxylic acids is 1. The van der Waals surface area contributed by atoms with Crippen molar-refractivity contribution >= 4 is 5.91 Å². The minimum Gasteiger partial charge on any atom is -0.365 e. The first-order valence-corrected chi connectivity index (χ1v) is 11.1. The standard InChI is InChI=1S/C25H30F2N2O2/c1-15(2)23(28)25(30)29-20-11-12-21(29)14-22(13-20)31-24(16-3-7-18(26)8-4-16)17-5-9-19(27)10-6-17/h3-10,15,20-24H,11-14,28H2,1-2H3/t20-,21+,22?,23-/m1/s1. The van der Waals surface area contributed by atoms with Crippen LogP contribution in [0.1, 0.15) is 56.8 Å². The second-order valence-electron chi connectivity index (χ2n) is 9.11. The van der Waals surface area contributed by atoms with Gasteiger partial charge in [-0.3, -0.25) is 4.79 Å². The van der Waals surface area contributed by atoms with Crippen molar-refractivity contribution in [1.82, 2.24) is 4.90 Å². The lowest BCUT2D eigenvalue weighted by atomic mass is 9.95. The Bertz CT molecular complexity index is 841. The average Bonchev–Trinajstić information content (AvgIpc) is 3.02. The third-order valence-corrected chi connectivity index (χ3v) is 6.62. The number of hydrogen-bond donors (Lipinski definition) is 1. The van der Waals surface area contributed by atoms with E-state index in [1.165, 1.54) is 24.3 Å². The molecule has 2 bridgehead atoms. The van der Waals surface area contributed by atoms with Crippen LogP contribution >= 0.6 is 0 Å². The summed E-state index contributed by atoms with van der Waals surface area (Å²) < 4.78 is 33.5. The van der Waals surface area contributed by atoms with Gasteiger partial charge < -0.3 is 15.4 Å². The largest absolute Gasteiger partial charge is 0.365 e. The zero-order valence-electron chi connectivity index (χ0n) is 18.0. The summed E-state index contributed by atoms with van der Waals surface area (Å²) in [6.45, 7) is 3.94. The Morgan fingerprint density at radius 3 is 1.81 bits per heavy atom. The maximum atomic E-state index is 13.5. The Kier molecular flexibility index (Phi) is 6.39. The summed E-state index contributed by atoms with van der Waals surface area (Å²) in [6, 6.07) is 12.2. The van der Waals surface area contributed by atoms with E-state index in [1.807, 2.05) is 18.7 Å². The van der Waals surface area contributed by atoms with Crippen molar-refractivity contribution in [2.45, 2.75) is 69.9 Å². The number of benzene rings is 2. The van der Waals surface area contributed by atoms with Crippen LogP contribution in [0.5, 0.6) is 0 Å². The maximum absolute atomic E-state index is 13.5. The number of ether oxygens (including phenoxy) is 1. The van der Waals surface area contributed by atoms with Crippen LogP contribution in [0.3, 0.4) is 0 Å². The molecule has 0 spiro atoms. The molecule has 2 fully saturated rings. The highest BCUT2D eigenvalue weighted by Crippen LogP contribution is 2.40. The number of nitrogens with two attached hydrogens (primary N) is 1. The Morgan fingerprint density at radius 1 is 0.935 bits per heavy atom. The highest BCUT2D eigenvalue weighted by atomic mass is 19.1. The van der Waals surface area contributed by atoms with Gasteiger partial charge in [0.25, 0.3) is 0 Å². The highest BCUT2D eigenvalue weighted by Gasteiger charge is 2.45. The summed E-state index contributed by atoms with van der Waals surface area (Å²) in [4.78, 5) is 14.9. The van der Waals surface area contributed by atoms with Gasteiger partial charge >= 0.3 is 0 Å². The molecule has 2 aliphatic rings. The zero-order valence-corrected chi connectivity index (χ0v) is 18.0. The van der Waals surface area contributed by atoms with Crippen LogP contribution in [0, 0.1) is 17.6 Å². The molecule has 1 unspecified atom stereocenters. The second kappa shape index (κ2) is 9.05. The number of halogens is 2. The van der Waals surface area contributed by atoms with E-state index >= 15 is 0 Å². The van der Waals surface area contributed by atoms with E-state index in [4.69, 9.17) is 10.5 Å². The molecular formula is C25H30F2N2O2. The van der Waals surface area contributed by atoms with Crippen LogP contribution in [-0.2, 0) is 9.53 Å². The fourth-order valence-corrected chi connectivity index (χ4v) is 4.87. The van der Waals surface area contributed by atoms with Crippen molar-refractivity contribution in [3.05, 3.63) is 71.3 Å². The minimum absolute atomic E-state index is 0.0366. The number of amides is 1. The molecule has 0 saturated carbocycles. The van der Waals surface area contributed by atoms with E-state index in [2.05, 4.69) is 0 Å². The second-order valence-corrected chi connectivity index (χ2v) is 9.11. The topological polar surface area (TPSA) is 55.6 Å². The summed E-state index contributed by atoms with van der Waals surface area (Å²) in [5.74, 6) is -0.488. The fraction of sp³-hybridized carbons (Fsp3) is 0.480. The van der Waals surface area contributed by atoms with Crippen molar-refractivity contribution < 1.29 is 18.3 Å². The lowest BCUT2D eigenvalue weighted by Crippen LogP contribution is -2.55. The Balaban J connectivity index is 1.53. The molecule has 31 heavy (non-hydrogen) atoms. The van der Waals surface area contributed by atoms with E-state index in [0.29, 0.717) is 0 Å². The Labute approximate surface area is 182 Å². The summed E-state index contributed by atoms with van der Waals surface area (Å²) in [5, 5.41) is 0. The van der Waals surface area contributed by atoms with Gasteiger partial charge in [-0.15, -0.1) is 0 Å². The lowest BCUT2D eigenvalue weighted by Gasteiger charge is -2.41. The molecule has 2 N–H and O–H groups in total. The van der Waals surface area contributed by atoms with Crippen LogP contribution < -0.4 is 5.73 Å². The number of nitrogens with zero attached hydrogens (tertiary/aromatic N) is 1. The zero-order chi connectivity index (χ0) is 22.1. The van der Waals surface area contributed by atoms with Crippen LogP contribution in [0.25, 0.3) is 0 Å². The van der Waals surface area contributed by atoms with E-state index in [0.717, 1.165) is 36.8 Å². The van der Waals surface area contributed by atoms with Gasteiger partial charge in [-0.1, -0.05) is 38.1 Å². The monoisotopic (exact) mass is 428 g/mol. The van der Waals surface area contributed by atoms with Crippen molar-refractivity contribution in [2.24, 2.45) is 11.7 Å². The molecule has 2 aliphatic heterocycles. The van der Waals surface area contributed by atoms with Crippen LogP contribution in [0.2, 0.25) is 0 Å². The van der Waals surface area contributed by atoms with Crippen molar-refractivity contribution in [1.29, 1.82) is 0 Å². The van der Waals surface area contributed by atoms with Gasteiger partial charge in [-0.2, -0.15) is 0 Å². The molecule has 1 amide bonds. The van der Waals surface area contributed by atoms with Crippen molar-refractivity contribution in [2.75, 3.05) is 0 Å². The third kappa shape index (κ3) is 4.65. The van der Waals surface area contributed by atoms with E-state index in [-0.39, 0.29) is 41.6 Å². The molecule has 0 aromatic heterocycles. The highest BCUT2D eigenvalue weighted by molar-refractivity contribution is 5.83. The third-order valence-electron chi connectivity index (χ3n) is 6.62. The Morgan fingerprint density at radius 2 is 1.39 bits per heavy atom. The number of carbonyl (C=O) groups is 1. The van der Waals surface area contributed by atoms with Crippen molar-refractivity contribution in [3.63, 3.8) is 0 Å². The first-order chi connectivity index (χ1) is 14.8. The Hall–Kier alpha value is -2.31. The molecule has 2 heterocycles. The molecule has 4 rings (SSSR count). The molecule has 2 aromatic rings. The van der Waals surface area contributed by atoms with Crippen molar-refractivity contribution in [3.8, 4) is 0 Å². The van der Waals surface area contributed by atoms with Gasteiger partial charge in [-0.05, 0) is 67.0 Å². The number of fused-ring (bicyclic) bond motifs is 2. The molecule has 166 valence electrons. The first-order valence-electron chi connectivity index (χ1n) is 11.1. The van der Waals surface area contributed by atoms with Gasteiger partial charge in [-0.25, -0.2) is 8.78 Å². The first kappa shape index (κ1) is 21.9. The molecule has 6 heteroatoms. The van der Waals surface area contributed by atoms with Crippen LogP contribution in [0.4, 0.5) is 8.78 Å². The number of piperidine rings is 1. The van der Waals surface area contributed by atoms with E-state index in [1.54, 1.807) is 24.3 Å². The van der Waals surface area contributed by atoms with Gasteiger partial charge in [0.05, 0.1) is 12.1 Å². The molecule has 0 radical (unpaired) electrons. The van der Waals surface area contributed by atoms with Gasteiger partial charge in [0.2, 0.25) is 5.91 Å². The minimum atomic E-state index is -0.480. The normalized spacial score (nSPS) is 24.1. The van der Waals surface area contributed by atoms with Crippen LogP contribution in [-0.4, -0.2) is 35.0 Å². The van der Waals surface area contributed by atoms with E-state index < -0.39 is 12.1 Å². The van der Waals surface area contributed by atoms with Gasteiger partial charge in [0.1, 0.15) is 17.7 Å². The molecule has 0 aliphatic carbocycles. The summed E-state index contributed by atoms with van der Waals surface area (Å²) in [5.41, 5.74) is 7.79. The van der Waals surface area contributed by atoms with Gasteiger partial charge in [0, 0.05) is 12.1 Å². The van der Waals surface area contributed by atoms with Crippen LogP contribution in [0.15, 0.2) is 48.5 Å². The SMILES string of the molecule is CC(C)[C@@H](N)C(=O)N1[C@@H]2CC[C@H]1CC(OC(c1ccc(F)cc1)c1ccc(F)cc1)C2. The molecule has 4 nitrogen and oxygen atoms in total. The predicted octanol–water partition coefficient (Wildman–Crippen LogP) is 4.58. The fourth-order valence-electron chi connectivity index (χ4n) is 4.87. The maximum Gasteiger partial charge on any atom is 0.240 e. The average molecular weight is 429 g/mol. The summed E-state index contributed by atoms with van der Waals surface area (Å²) >= 11 is 0. The molecule has 2 aromatic carbocycles. The summed E-state index contributed by atoms with van der Waals surface area (Å²) in [6.07, 6.45) is 2.93. The lowest BCUT2D eigenvalue weighted by molar-refractivity contribution is -0.141. The predicted molar refractivity (Wildman–Crippen MR) is 115 cm³/mol. The molecule has 2 saturated heterocycles. The number of hydrogen-bond acceptors (Lipinski definition) is 3.